The Kier molecular flexibility index (Phi) is 7.65. The van der Waals surface area contributed by atoms with E-state index in [1.54, 1.807) is 4.90 Å². The number of amides is 1. The summed E-state index contributed by atoms with van der Waals surface area (Å²) in [6, 6.07) is 18.4. The fourth-order valence-electron chi connectivity index (χ4n) is 4.17. The standard InChI is InChI=1S/C28H33N5O2/c1-5-33(6-2)28(34)19-35-24-9-7-8-21(16-24)12-14-29-27-18-25(30-20(3)31-27)23-11-10-22-13-15-32(4)26(22)17-23/h7-11,13,15-18H,5-6,12,14,19H2,1-4H3,(H,29,30,31). The summed E-state index contributed by atoms with van der Waals surface area (Å²) in [5, 5.41) is 4.64. The summed E-state index contributed by atoms with van der Waals surface area (Å²) in [7, 11) is 2.05. The summed E-state index contributed by atoms with van der Waals surface area (Å²) in [4.78, 5) is 23.2. The van der Waals surface area contributed by atoms with Gasteiger partial charge in [-0.3, -0.25) is 4.79 Å². The van der Waals surface area contributed by atoms with E-state index in [-0.39, 0.29) is 12.5 Å². The van der Waals surface area contributed by atoms with Gasteiger partial charge >= 0.3 is 0 Å². The van der Waals surface area contributed by atoms with Crippen LogP contribution in [0.1, 0.15) is 25.2 Å². The predicted octanol–water partition coefficient (Wildman–Crippen LogP) is 4.85. The quantitative estimate of drug-likeness (QED) is 0.358. The Labute approximate surface area is 206 Å². The SMILES string of the molecule is CCN(CC)C(=O)COc1cccc(CCNc2cc(-c3ccc4ccn(C)c4c3)nc(C)n2)c1. The van der Waals surface area contributed by atoms with Crippen LogP contribution in [0.25, 0.3) is 22.2 Å². The van der Waals surface area contributed by atoms with E-state index in [9.17, 15) is 4.79 Å². The maximum Gasteiger partial charge on any atom is 0.260 e. The molecule has 0 spiro atoms. The molecule has 0 aliphatic heterocycles. The summed E-state index contributed by atoms with van der Waals surface area (Å²) in [5.74, 6) is 2.24. The van der Waals surface area contributed by atoms with E-state index < -0.39 is 0 Å². The smallest absolute Gasteiger partial charge is 0.260 e. The second-order valence-corrected chi connectivity index (χ2v) is 8.56. The second kappa shape index (κ2) is 11.0. The van der Waals surface area contributed by atoms with Crippen LogP contribution in [-0.4, -0.2) is 51.6 Å². The van der Waals surface area contributed by atoms with Crippen LogP contribution in [0, 0.1) is 6.92 Å². The Morgan fingerprint density at radius 1 is 1.06 bits per heavy atom. The zero-order valence-corrected chi connectivity index (χ0v) is 20.9. The van der Waals surface area contributed by atoms with Crippen molar-refractivity contribution < 1.29 is 9.53 Å². The molecule has 0 saturated heterocycles. The highest BCUT2D eigenvalue weighted by Gasteiger charge is 2.11. The second-order valence-electron chi connectivity index (χ2n) is 8.56. The van der Waals surface area contributed by atoms with Gasteiger partial charge in [0, 0.05) is 50.0 Å². The van der Waals surface area contributed by atoms with Gasteiger partial charge in [-0.25, -0.2) is 9.97 Å². The lowest BCUT2D eigenvalue weighted by molar-refractivity contribution is -0.132. The first-order valence-corrected chi connectivity index (χ1v) is 12.1. The monoisotopic (exact) mass is 471 g/mol. The van der Waals surface area contributed by atoms with Crippen LogP contribution >= 0.6 is 0 Å². The average molecular weight is 472 g/mol. The Bertz CT molecular complexity index is 1310. The molecule has 182 valence electrons. The van der Waals surface area contributed by atoms with E-state index in [1.165, 1.54) is 10.9 Å². The number of hydrogen-bond acceptors (Lipinski definition) is 5. The first-order chi connectivity index (χ1) is 17.0. The highest BCUT2D eigenvalue weighted by molar-refractivity contribution is 5.85. The van der Waals surface area contributed by atoms with Gasteiger partial charge in [-0.2, -0.15) is 0 Å². The molecule has 1 N–H and O–H groups in total. The van der Waals surface area contributed by atoms with Gasteiger partial charge in [0.05, 0.1) is 5.69 Å². The van der Waals surface area contributed by atoms with Crippen LogP contribution in [0.5, 0.6) is 5.75 Å². The lowest BCUT2D eigenvalue weighted by Crippen LogP contribution is -2.34. The molecular weight excluding hydrogens is 438 g/mol. The molecule has 7 heteroatoms. The van der Waals surface area contributed by atoms with E-state index in [2.05, 4.69) is 56.4 Å². The minimum Gasteiger partial charge on any atom is -0.484 e. The highest BCUT2D eigenvalue weighted by atomic mass is 16.5. The molecule has 1 amide bonds. The molecular formula is C28H33N5O2. The van der Waals surface area contributed by atoms with Crippen LogP contribution in [-0.2, 0) is 18.3 Å². The van der Waals surface area contributed by atoms with Crippen LogP contribution in [0.2, 0.25) is 0 Å². The third-order valence-corrected chi connectivity index (χ3v) is 6.12. The highest BCUT2D eigenvalue weighted by Crippen LogP contribution is 2.25. The number of nitrogens with one attached hydrogen (secondary N) is 1. The molecule has 4 aromatic rings. The minimum absolute atomic E-state index is 0.00304. The molecule has 0 saturated carbocycles. The maximum absolute atomic E-state index is 12.2. The Morgan fingerprint density at radius 3 is 2.69 bits per heavy atom. The number of fused-ring (bicyclic) bond motifs is 1. The molecule has 0 aliphatic rings. The van der Waals surface area contributed by atoms with Crippen LogP contribution in [0.15, 0.2) is 60.8 Å². The summed E-state index contributed by atoms with van der Waals surface area (Å²) < 4.78 is 7.85. The van der Waals surface area contributed by atoms with Gasteiger partial charge in [-0.15, -0.1) is 0 Å². The van der Waals surface area contributed by atoms with Crippen molar-refractivity contribution in [3.63, 3.8) is 0 Å². The van der Waals surface area contributed by atoms with Crippen molar-refractivity contribution in [2.75, 3.05) is 31.6 Å². The Balaban J connectivity index is 1.38. The number of nitrogens with zero attached hydrogens (tertiary/aromatic N) is 4. The molecule has 0 aliphatic carbocycles. The van der Waals surface area contributed by atoms with Crippen molar-refractivity contribution in [3.05, 3.63) is 72.2 Å². The predicted molar refractivity (Wildman–Crippen MR) is 141 cm³/mol. The largest absolute Gasteiger partial charge is 0.484 e. The first kappa shape index (κ1) is 24.3. The van der Waals surface area contributed by atoms with E-state index >= 15 is 0 Å². The molecule has 0 atom stereocenters. The third kappa shape index (κ3) is 5.98. The van der Waals surface area contributed by atoms with Crippen molar-refractivity contribution >= 4 is 22.6 Å². The maximum atomic E-state index is 12.2. The molecule has 2 aromatic carbocycles. The van der Waals surface area contributed by atoms with Gasteiger partial charge in [0.15, 0.2) is 6.61 Å². The molecule has 2 heterocycles. The summed E-state index contributed by atoms with van der Waals surface area (Å²) in [6.07, 6.45) is 2.87. The van der Waals surface area contributed by atoms with Crippen molar-refractivity contribution in [2.45, 2.75) is 27.2 Å². The number of anilines is 1. The topological polar surface area (TPSA) is 72.3 Å². The summed E-state index contributed by atoms with van der Waals surface area (Å²) >= 11 is 0. The number of aryl methyl sites for hydroxylation is 2. The van der Waals surface area contributed by atoms with Crippen molar-refractivity contribution in [1.82, 2.24) is 19.4 Å². The first-order valence-electron chi connectivity index (χ1n) is 12.1. The normalized spacial score (nSPS) is 11.0. The van der Waals surface area contributed by atoms with E-state index in [0.717, 1.165) is 34.9 Å². The zero-order valence-electron chi connectivity index (χ0n) is 20.9. The zero-order chi connectivity index (χ0) is 24.8. The number of hydrogen-bond donors (Lipinski definition) is 1. The van der Waals surface area contributed by atoms with Crippen LogP contribution in [0.4, 0.5) is 5.82 Å². The van der Waals surface area contributed by atoms with E-state index in [0.29, 0.717) is 25.4 Å². The number of benzene rings is 2. The van der Waals surface area contributed by atoms with Crippen LogP contribution < -0.4 is 10.1 Å². The summed E-state index contributed by atoms with van der Waals surface area (Å²) in [6.45, 7) is 8.01. The number of carbonyl (C=O) groups is 1. The summed E-state index contributed by atoms with van der Waals surface area (Å²) in [5.41, 5.74) is 4.27. The van der Waals surface area contributed by atoms with Gasteiger partial charge in [0.2, 0.25) is 0 Å². The molecule has 0 fully saturated rings. The number of rotatable bonds is 10. The fraction of sp³-hybridized carbons (Fsp3) is 0.321. The number of ether oxygens (including phenoxy) is 1. The molecule has 0 bridgehead atoms. The Hall–Kier alpha value is -3.87. The van der Waals surface area contributed by atoms with Crippen molar-refractivity contribution in [3.8, 4) is 17.0 Å². The van der Waals surface area contributed by atoms with Gasteiger partial charge in [0.25, 0.3) is 5.91 Å². The van der Waals surface area contributed by atoms with E-state index in [4.69, 9.17) is 4.74 Å². The lowest BCUT2D eigenvalue weighted by atomic mass is 10.1. The van der Waals surface area contributed by atoms with Gasteiger partial charge in [-0.05, 0) is 62.4 Å². The number of carbonyl (C=O) groups excluding carboxylic acids is 1. The van der Waals surface area contributed by atoms with Gasteiger partial charge in [-0.1, -0.05) is 24.3 Å². The van der Waals surface area contributed by atoms with Crippen LogP contribution in [0.3, 0.4) is 0 Å². The Morgan fingerprint density at radius 2 is 1.89 bits per heavy atom. The number of likely N-dealkylation sites (N-methyl/N-ethyl adjacent to an activating group) is 1. The van der Waals surface area contributed by atoms with E-state index in [1.807, 2.05) is 52.1 Å². The minimum atomic E-state index is 0.00304. The van der Waals surface area contributed by atoms with Crippen molar-refractivity contribution in [1.29, 1.82) is 0 Å². The molecule has 35 heavy (non-hydrogen) atoms. The van der Waals surface area contributed by atoms with Crippen molar-refractivity contribution in [2.24, 2.45) is 7.05 Å². The lowest BCUT2D eigenvalue weighted by Gasteiger charge is -2.18. The average Bonchev–Trinajstić information content (AvgIpc) is 3.23. The molecule has 2 aromatic heterocycles. The molecule has 4 rings (SSSR count). The molecule has 7 nitrogen and oxygen atoms in total. The van der Waals surface area contributed by atoms with Gasteiger partial charge in [0.1, 0.15) is 17.4 Å². The molecule has 0 radical (unpaired) electrons. The third-order valence-electron chi connectivity index (χ3n) is 6.12. The number of aromatic nitrogens is 3. The van der Waals surface area contributed by atoms with Gasteiger partial charge < -0.3 is 19.5 Å². The molecule has 0 unspecified atom stereocenters. The fourth-order valence-corrected chi connectivity index (χ4v) is 4.17.